The molecule has 7 nitrogen and oxygen atoms in total. The Morgan fingerprint density at radius 1 is 1.11 bits per heavy atom. The molecule has 176 valence electrons. The molecular weight excluding hydrogens is 465 g/mol. The molecule has 9 heteroatoms. The molecule has 0 unspecified atom stereocenters. The van der Waals surface area contributed by atoms with E-state index in [1.165, 1.54) is 22.8 Å². The van der Waals surface area contributed by atoms with Crippen LogP contribution in [0.2, 0.25) is 0 Å². The van der Waals surface area contributed by atoms with Crippen molar-refractivity contribution in [3.63, 3.8) is 0 Å². The van der Waals surface area contributed by atoms with Crippen LogP contribution in [0.15, 0.2) is 70.3 Å². The third-order valence-corrected chi connectivity index (χ3v) is 6.69. The number of halogens is 1. The monoisotopic (exact) mass is 487 g/mol. The van der Waals surface area contributed by atoms with Crippen molar-refractivity contribution in [1.82, 2.24) is 9.58 Å². The lowest BCUT2D eigenvalue weighted by Crippen LogP contribution is -2.35. The zero-order valence-corrected chi connectivity index (χ0v) is 20.2. The van der Waals surface area contributed by atoms with Gasteiger partial charge in [-0.25, -0.2) is 4.39 Å². The first-order chi connectivity index (χ1) is 16.8. The van der Waals surface area contributed by atoms with Gasteiger partial charge in [-0.15, -0.1) is 0 Å². The molecule has 0 spiro atoms. The average Bonchev–Trinajstić information content (AvgIpc) is 3.36. The lowest BCUT2D eigenvalue weighted by Gasteiger charge is -2.20. The lowest BCUT2D eigenvalue weighted by atomic mass is 10.1. The average molecular weight is 488 g/mol. The maximum atomic E-state index is 14.4. The quantitative estimate of drug-likeness (QED) is 0.499. The number of hydrazone groups is 1. The predicted octanol–water partition coefficient (Wildman–Crippen LogP) is 5.24. The second kappa shape index (κ2) is 8.99. The Labute approximate surface area is 206 Å². The van der Waals surface area contributed by atoms with Crippen molar-refractivity contribution in [3.05, 3.63) is 88.5 Å². The van der Waals surface area contributed by atoms with Crippen LogP contribution in [0.1, 0.15) is 22.5 Å². The number of nitrogens with zero attached hydrogens (tertiary/aromatic N) is 4. The Bertz CT molecular complexity index is 1470. The van der Waals surface area contributed by atoms with Gasteiger partial charge in [0.25, 0.3) is 5.91 Å². The van der Waals surface area contributed by atoms with Crippen molar-refractivity contribution in [3.8, 4) is 11.4 Å². The van der Waals surface area contributed by atoms with Crippen LogP contribution in [-0.4, -0.2) is 38.1 Å². The second-order valence-corrected chi connectivity index (χ2v) is 9.22. The molecule has 0 aliphatic carbocycles. The summed E-state index contributed by atoms with van der Waals surface area (Å²) in [4.78, 5) is 17.0. The standard InChI is InChI=1S/C26H22FN5O2S/c1-15-8-4-7-11-22(15)34-14-23-30-32-24(28)19(25(33)29-26(32)35-23)13-18-12-16(2)31(17(18)3)21-10-6-5-9-20(21)27/h4-13,28H,14H2,1-3H3/b19-13+,28-24?. The van der Waals surface area contributed by atoms with Gasteiger partial charge in [-0.3, -0.25) is 10.2 Å². The molecule has 35 heavy (non-hydrogen) atoms. The van der Waals surface area contributed by atoms with Crippen LogP contribution in [0.4, 0.5) is 4.39 Å². The van der Waals surface area contributed by atoms with Gasteiger partial charge < -0.3 is 9.30 Å². The smallest absolute Gasteiger partial charge is 0.283 e. The number of rotatable bonds is 5. The van der Waals surface area contributed by atoms with Crippen molar-refractivity contribution in [2.24, 2.45) is 10.1 Å². The van der Waals surface area contributed by atoms with Gasteiger partial charge >= 0.3 is 0 Å². The van der Waals surface area contributed by atoms with Gasteiger partial charge in [0.15, 0.2) is 5.84 Å². The summed E-state index contributed by atoms with van der Waals surface area (Å²) in [6, 6.07) is 16.1. The van der Waals surface area contributed by atoms with E-state index in [4.69, 9.17) is 10.1 Å². The fourth-order valence-corrected chi connectivity index (χ4v) is 4.84. The number of amidine groups is 2. The number of thioether (sulfide) groups is 1. The summed E-state index contributed by atoms with van der Waals surface area (Å²) < 4.78 is 22.1. The highest BCUT2D eigenvalue weighted by Gasteiger charge is 2.36. The molecule has 3 heterocycles. The first-order valence-electron chi connectivity index (χ1n) is 10.9. The summed E-state index contributed by atoms with van der Waals surface area (Å²) in [6.07, 6.45) is 1.62. The van der Waals surface area contributed by atoms with E-state index in [1.807, 2.05) is 51.1 Å². The van der Waals surface area contributed by atoms with Gasteiger partial charge in [-0.2, -0.15) is 15.1 Å². The number of carbonyl (C=O) groups is 1. The number of hydrogen-bond acceptors (Lipinski definition) is 5. The van der Waals surface area contributed by atoms with Gasteiger partial charge in [0.2, 0.25) is 5.17 Å². The van der Waals surface area contributed by atoms with Crippen molar-refractivity contribution in [1.29, 1.82) is 5.41 Å². The Kier molecular flexibility index (Phi) is 5.86. The normalized spacial score (nSPS) is 16.5. The van der Waals surface area contributed by atoms with Crippen LogP contribution in [0.5, 0.6) is 5.75 Å². The molecule has 1 N–H and O–H groups in total. The highest BCUT2D eigenvalue weighted by atomic mass is 32.2. The van der Waals surface area contributed by atoms with E-state index < -0.39 is 5.91 Å². The van der Waals surface area contributed by atoms with Crippen LogP contribution >= 0.6 is 11.8 Å². The summed E-state index contributed by atoms with van der Waals surface area (Å²) in [5.74, 6) is -0.164. The number of nitrogens with one attached hydrogen (secondary N) is 1. The molecule has 5 rings (SSSR count). The van der Waals surface area contributed by atoms with E-state index in [1.54, 1.807) is 28.8 Å². The Morgan fingerprint density at radius 2 is 1.86 bits per heavy atom. The number of aromatic nitrogens is 1. The third kappa shape index (κ3) is 4.19. The number of aliphatic imine (C=N–C) groups is 1. The van der Waals surface area contributed by atoms with Crippen molar-refractivity contribution in [2.45, 2.75) is 20.8 Å². The molecule has 0 atom stereocenters. The minimum absolute atomic E-state index is 0.0610. The molecule has 0 bridgehead atoms. The molecule has 3 aromatic rings. The molecule has 0 fully saturated rings. The topological polar surface area (TPSA) is 83.0 Å². The molecule has 1 aromatic heterocycles. The molecule has 2 aliphatic rings. The Balaban J connectivity index is 1.41. The van der Waals surface area contributed by atoms with Gasteiger partial charge in [-0.05, 0) is 74.0 Å². The Hall–Kier alpha value is -3.98. The first-order valence-corrected chi connectivity index (χ1v) is 11.8. The molecule has 1 amide bonds. The zero-order chi connectivity index (χ0) is 24.7. The molecule has 0 radical (unpaired) electrons. The van der Waals surface area contributed by atoms with Crippen LogP contribution in [0.3, 0.4) is 0 Å². The highest BCUT2D eigenvalue weighted by molar-refractivity contribution is 8.27. The summed E-state index contributed by atoms with van der Waals surface area (Å²) in [7, 11) is 0. The largest absolute Gasteiger partial charge is 0.486 e. The molecule has 0 saturated heterocycles. The van der Waals surface area contributed by atoms with Gasteiger partial charge in [-0.1, -0.05) is 30.3 Å². The summed E-state index contributed by atoms with van der Waals surface area (Å²) in [5.41, 5.74) is 3.82. The van der Waals surface area contributed by atoms with E-state index in [9.17, 15) is 9.18 Å². The zero-order valence-electron chi connectivity index (χ0n) is 19.4. The van der Waals surface area contributed by atoms with Gasteiger partial charge in [0.1, 0.15) is 23.2 Å². The fourth-order valence-electron chi connectivity index (χ4n) is 4.04. The van der Waals surface area contributed by atoms with E-state index in [-0.39, 0.29) is 23.8 Å². The van der Waals surface area contributed by atoms with Gasteiger partial charge in [0, 0.05) is 11.4 Å². The van der Waals surface area contributed by atoms with Crippen LogP contribution in [0, 0.1) is 32.0 Å². The number of hydrogen-bond donors (Lipinski definition) is 1. The van der Waals surface area contributed by atoms with E-state index >= 15 is 0 Å². The molecule has 0 saturated carbocycles. The van der Waals surface area contributed by atoms with Crippen LogP contribution in [0.25, 0.3) is 11.8 Å². The second-order valence-electron chi connectivity index (χ2n) is 8.18. The molecule has 2 aliphatic heterocycles. The van der Waals surface area contributed by atoms with E-state index in [0.29, 0.717) is 21.5 Å². The third-order valence-electron chi connectivity index (χ3n) is 5.80. The number of fused-ring (bicyclic) bond motifs is 1. The highest BCUT2D eigenvalue weighted by Crippen LogP contribution is 2.30. The van der Waals surface area contributed by atoms with Crippen LogP contribution in [-0.2, 0) is 4.79 Å². The first kappa shape index (κ1) is 22.8. The van der Waals surface area contributed by atoms with Gasteiger partial charge in [0.05, 0.1) is 11.3 Å². The summed E-state index contributed by atoms with van der Waals surface area (Å²) in [6.45, 7) is 5.88. The minimum Gasteiger partial charge on any atom is -0.486 e. The fraction of sp³-hybridized carbons (Fsp3) is 0.154. The lowest BCUT2D eigenvalue weighted by molar-refractivity contribution is -0.114. The summed E-state index contributed by atoms with van der Waals surface area (Å²) >= 11 is 1.21. The molecular formula is C26H22FN5O2S. The molecule has 2 aromatic carbocycles. The Morgan fingerprint density at radius 3 is 2.63 bits per heavy atom. The number of aryl methyl sites for hydroxylation is 2. The maximum Gasteiger partial charge on any atom is 0.283 e. The number of carbonyl (C=O) groups excluding carboxylic acids is 1. The van der Waals surface area contributed by atoms with Crippen molar-refractivity contribution < 1.29 is 13.9 Å². The predicted molar refractivity (Wildman–Crippen MR) is 137 cm³/mol. The number of amides is 1. The van der Waals surface area contributed by atoms with Crippen molar-refractivity contribution >= 4 is 39.8 Å². The van der Waals surface area contributed by atoms with Crippen LogP contribution < -0.4 is 4.74 Å². The maximum absolute atomic E-state index is 14.4. The SMILES string of the molecule is Cc1ccccc1OCC1=NN2C(=N)/C(=C\c3cc(C)n(-c4ccccc4F)c3C)C(=O)N=C2S1. The van der Waals surface area contributed by atoms with E-state index in [2.05, 4.69) is 10.1 Å². The van der Waals surface area contributed by atoms with E-state index in [0.717, 1.165) is 22.7 Å². The summed E-state index contributed by atoms with van der Waals surface area (Å²) in [5, 5.41) is 15.4. The number of benzene rings is 2. The van der Waals surface area contributed by atoms with Crippen molar-refractivity contribution in [2.75, 3.05) is 6.61 Å². The number of para-hydroxylation sites is 2. The minimum atomic E-state index is -0.513. The number of ether oxygens (including phenoxy) is 1.